The molecule has 0 aliphatic rings. The number of nitrogens with zero attached hydrogens (tertiary/aromatic N) is 1. The lowest BCUT2D eigenvalue weighted by atomic mass is 10.3. The van der Waals surface area contributed by atoms with Gasteiger partial charge in [0.05, 0.1) is 17.8 Å². The molecule has 0 saturated heterocycles. The first-order valence-corrected chi connectivity index (χ1v) is 7.75. The first-order chi connectivity index (χ1) is 9.83. The average Bonchev–Trinajstić information content (AvgIpc) is 2.44. The van der Waals surface area contributed by atoms with Gasteiger partial charge in [-0.3, -0.25) is 4.72 Å². The van der Waals surface area contributed by atoms with Gasteiger partial charge in [0.1, 0.15) is 21.6 Å². The summed E-state index contributed by atoms with van der Waals surface area (Å²) in [6.45, 7) is 0. The van der Waals surface area contributed by atoms with Crippen LogP contribution in [0.15, 0.2) is 35.4 Å². The van der Waals surface area contributed by atoms with Gasteiger partial charge >= 0.3 is 0 Å². The number of anilines is 1. The lowest BCUT2D eigenvalue weighted by molar-refractivity contribution is 0.414. The molecule has 0 amide bonds. The van der Waals surface area contributed by atoms with Crippen molar-refractivity contribution in [1.29, 1.82) is 0 Å². The molecule has 5 nitrogen and oxygen atoms in total. The Morgan fingerprint density at radius 3 is 2.62 bits per heavy atom. The predicted molar refractivity (Wildman–Crippen MR) is 78.0 cm³/mol. The Bertz CT molecular complexity index is 784. The van der Waals surface area contributed by atoms with Crippen LogP contribution in [0, 0.1) is 5.82 Å². The lowest BCUT2D eigenvalue weighted by Crippen LogP contribution is -2.14. The van der Waals surface area contributed by atoms with Gasteiger partial charge in [0.2, 0.25) is 0 Å². The summed E-state index contributed by atoms with van der Waals surface area (Å²) in [7, 11) is -2.67. The minimum absolute atomic E-state index is 0.0225. The van der Waals surface area contributed by atoms with Gasteiger partial charge in [0.15, 0.2) is 0 Å². The van der Waals surface area contributed by atoms with E-state index >= 15 is 0 Å². The Hall–Kier alpha value is -1.57. The van der Waals surface area contributed by atoms with Crippen molar-refractivity contribution in [2.75, 3.05) is 11.8 Å². The highest BCUT2D eigenvalue weighted by atomic mass is 35.5. The maximum atomic E-state index is 13.7. The van der Waals surface area contributed by atoms with Crippen molar-refractivity contribution in [1.82, 2.24) is 4.98 Å². The van der Waals surface area contributed by atoms with Gasteiger partial charge in [-0.1, -0.05) is 23.2 Å². The molecular weight excluding hydrogens is 342 g/mol. The van der Waals surface area contributed by atoms with E-state index in [2.05, 4.69) is 9.71 Å². The molecule has 0 unspecified atom stereocenters. The van der Waals surface area contributed by atoms with Gasteiger partial charge in [0.25, 0.3) is 10.0 Å². The van der Waals surface area contributed by atoms with E-state index < -0.39 is 15.8 Å². The topological polar surface area (TPSA) is 68.3 Å². The number of methoxy groups -OCH3 is 1. The lowest BCUT2D eigenvalue weighted by Gasteiger charge is -2.10. The van der Waals surface area contributed by atoms with Crippen molar-refractivity contribution >= 4 is 38.9 Å². The maximum absolute atomic E-state index is 13.7. The van der Waals surface area contributed by atoms with Crippen LogP contribution in [0.25, 0.3) is 0 Å². The van der Waals surface area contributed by atoms with Crippen LogP contribution in [0.4, 0.5) is 10.1 Å². The van der Waals surface area contributed by atoms with Crippen LogP contribution in [0.5, 0.6) is 5.75 Å². The van der Waals surface area contributed by atoms with Crippen LogP contribution >= 0.6 is 23.2 Å². The van der Waals surface area contributed by atoms with Crippen LogP contribution in [0.1, 0.15) is 0 Å². The number of halogens is 3. The number of rotatable bonds is 4. The number of pyridine rings is 1. The molecule has 1 aromatic heterocycles. The molecule has 1 N–H and O–H groups in total. The maximum Gasteiger partial charge on any atom is 0.263 e. The first-order valence-electron chi connectivity index (χ1n) is 5.51. The molecule has 112 valence electrons. The summed E-state index contributed by atoms with van der Waals surface area (Å²) in [4.78, 5) is 3.40. The minimum atomic E-state index is -4.05. The van der Waals surface area contributed by atoms with E-state index in [1.807, 2.05) is 0 Å². The standard InChI is InChI=1S/C12H9Cl2FN2O3S/c1-20-7-2-3-10(15)11(4-7)17-21(18,19)8-5-9(13)12(14)16-6-8/h2-6,17H,1H3. The second-order valence-corrected chi connectivity index (χ2v) is 6.34. The van der Waals surface area contributed by atoms with Gasteiger partial charge in [0, 0.05) is 12.3 Å². The van der Waals surface area contributed by atoms with Gasteiger partial charge in [-0.05, 0) is 18.2 Å². The van der Waals surface area contributed by atoms with Crippen molar-refractivity contribution in [3.8, 4) is 5.75 Å². The molecule has 9 heteroatoms. The molecule has 0 aliphatic carbocycles. The second kappa shape index (κ2) is 6.05. The molecule has 2 aromatic rings. The molecular formula is C12H9Cl2FN2O3S. The summed E-state index contributed by atoms with van der Waals surface area (Å²) in [5.74, 6) is -0.436. The quantitative estimate of drug-likeness (QED) is 0.858. The molecule has 21 heavy (non-hydrogen) atoms. The Morgan fingerprint density at radius 1 is 1.29 bits per heavy atom. The largest absolute Gasteiger partial charge is 0.497 e. The molecule has 1 heterocycles. The first kappa shape index (κ1) is 15.8. The zero-order valence-corrected chi connectivity index (χ0v) is 12.9. The van der Waals surface area contributed by atoms with E-state index in [9.17, 15) is 12.8 Å². The van der Waals surface area contributed by atoms with Gasteiger partial charge in [-0.2, -0.15) is 0 Å². The van der Waals surface area contributed by atoms with E-state index in [-0.39, 0.29) is 20.8 Å². The molecule has 0 spiro atoms. The van der Waals surface area contributed by atoms with E-state index in [0.717, 1.165) is 18.3 Å². The van der Waals surface area contributed by atoms with Crippen LogP contribution in [0.3, 0.4) is 0 Å². The van der Waals surface area contributed by atoms with Crippen molar-refractivity contribution in [2.24, 2.45) is 0 Å². The second-order valence-electron chi connectivity index (χ2n) is 3.89. The fourth-order valence-corrected chi connectivity index (χ4v) is 2.83. The highest BCUT2D eigenvalue weighted by Crippen LogP contribution is 2.26. The number of benzene rings is 1. The Balaban J connectivity index is 2.39. The Morgan fingerprint density at radius 2 is 2.00 bits per heavy atom. The number of nitrogens with one attached hydrogen (secondary N) is 1. The normalized spacial score (nSPS) is 11.2. The van der Waals surface area contributed by atoms with Gasteiger partial charge in [-0.15, -0.1) is 0 Å². The summed E-state index contributed by atoms with van der Waals surface area (Å²) < 4.78 is 45.0. The predicted octanol–water partition coefficient (Wildman–Crippen LogP) is 3.34. The van der Waals surface area contributed by atoms with E-state index in [1.165, 1.54) is 19.2 Å². The zero-order valence-electron chi connectivity index (χ0n) is 10.6. The number of hydrogen-bond acceptors (Lipinski definition) is 4. The monoisotopic (exact) mass is 350 g/mol. The fourth-order valence-electron chi connectivity index (χ4n) is 1.46. The molecule has 0 bridgehead atoms. The van der Waals surface area contributed by atoms with Gasteiger partial charge < -0.3 is 4.74 Å². The highest BCUT2D eigenvalue weighted by molar-refractivity contribution is 7.92. The third-order valence-electron chi connectivity index (χ3n) is 2.50. The van der Waals surface area contributed by atoms with E-state index in [1.54, 1.807) is 0 Å². The van der Waals surface area contributed by atoms with Crippen LogP contribution in [-0.4, -0.2) is 20.5 Å². The summed E-state index contributed by atoms with van der Waals surface area (Å²) in [6, 6.07) is 4.80. The molecule has 0 aliphatic heterocycles. The van der Waals surface area contributed by atoms with Crippen LogP contribution in [-0.2, 0) is 10.0 Å². The Kier molecular flexibility index (Phi) is 4.55. The number of ether oxygens (including phenoxy) is 1. The van der Waals surface area contributed by atoms with Crippen molar-refractivity contribution in [3.63, 3.8) is 0 Å². The Labute approximate surface area is 130 Å². The van der Waals surface area contributed by atoms with Crippen molar-refractivity contribution < 1.29 is 17.5 Å². The number of aromatic nitrogens is 1. The molecule has 0 fully saturated rings. The zero-order chi connectivity index (χ0) is 15.6. The molecule has 0 radical (unpaired) electrons. The summed E-state index contributed by atoms with van der Waals surface area (Å²) in [5.41, 5.74) is -0.250. The molecule has 1 aromatic carbocycles. The summed E-state index contributed by atoms with van der Waals surface area (Å²) in [6.07, 6.45) is 1.02. The van der Waals surface area contributed by atoms with Crippen molar-refractivity contribution in [2.45, 2.75) is 4.90 Å². The van der Waals surface area contributed by atoms with Crippen LogP contribution in [0.2, 0.25) is 10.2 Å². The third kappa shape index (κ3) is 3.55. The average molecular weight is 351 g/mol. The van der Waals surface area contributed by atoms with Gasteiger partial charge in [-0.25, -0.2) is 17.8 Å². The fraction of sp³-hybridized carbons (Fsp3) is 0.0833. The van der Waals surface area contributed by atoms with Crippen LogP contribution < -0.4 is 9.46 Å². The summed E-state index contributed by atoms with van der Waals surface area (Å²) >= 11 is 11.3. The van der Waals surface area contributed by atoms with E-state index in [0.29, 0.717) is 5.75 Å². The minimum Gasteiger partial charge on any atom is -0.497 e. The molecule has 2 rings (SSSR count). The number of hydrogen-bond donors (Lipinski definition) is 1. The van der Waals surface area contributed by atoms with Crippen molar-refractivity contribution in [3.05, 3.63) is 46.5 Å². The smallest absolute Gasteiger partial charge is 0.263 e. The highest BCUT2D eigenvalue weighted by Gasteiger charge is 2.18. The molecule has 0 saturated carbocycles. The number of sulfonamides is 1. The molecule has 0 atom stereocenters. The summed E-state index contributed by atoms with van der Waals surface area (Å²) in [5, 5.41) is -0.0474. The van der Waals surface area contributed by atoms with E-state index in [4.69, 9.17) is 27.9 Å². The SMILES string of the molecule is COc1ccc(F)c(NS(=O)(=O)c2cnc(Cl)c(Cl)c2)c1. The third-order valence-corrected chi connectivity index (χ3v) is 4.52.